The third-order valence-electron chi connectivity index (χ3n) is 2.44. The molecule has 6 heteroatoms. The van der Waals surface area contributed by atoms with Gasteiger partial charge >= 0.3 is 8.80 Å². The largest absolute Gasteiger partial charge is 0.500 e. The van der Waals surface area contributed by atoms with E-state index in [4.69, 9.17) is 13.3 Å². The zero-order chi connectivity index (χ0) is 12.4. The van der Waals surface area contributed by atoms with Gasteiger partial charge in [-0.05, 0) is 19.8 Å². The summed E-state index contributed by atoms with van der Waals surface area (Å²) in [7, 11) is 2.36. The van der Waals surface area contributed by atoms with E-state index in [-0.39, 0.29) is 5.91 Å². The summed E-state index contributed by atoms with van der Waals surface area (Å²) in [5.41, 5.74) is 0. The molecule has 0 rings (SSSR count). The Morgan fingerprint density at radius 2 is 1.69 bits per heavy atom. The molecule has 0 aromatic carbocycles. The number of nitrogens with one attached hydrogen (secondary N) is 1. The van der Waals surface area contributed by atoms with Gasteiger partial charge in [0.1, 0.15) is 0 Å². The van der Waals surface area contributed by atoms with Gasteiger partial charge in [-0.3, -0.25) is 4.79 Å². The number of rotatable bonds is 9. The summed E-state index contributed by atoms with van der Waals surface area (Å²) in [5, 5.41) is 2.76. The van der Waals surface area contributed by atoms with Gasteiger partial charge in [-0.1, -0.05) is 0 Å². The standard InChI is InChI=1S/C10H23NO4Si/c1-5-11-10(12)8-6-7-9-16(13-2,14-3)15-4/h5-9H2,1-4H3,(H,11,12). The lowest BCUT2D eigenvalue weighted by Gasteiger charge is -2.24. The van der Waals surface area contributed by atoms with Crippen LogP contribution in [-0.4, -0.2) is 42.6 Å². The number of unbranched alkanes of at least 4 members (excludes halogenated alkanes) is 1. The third-order valence-corrected chi connectivity index (χ3v) is 5.28. The normalized spacial score (nSPS) is 11.5. The van der Waals surface area contributed by atoms with E-state index in [9.17, 15) is 4.79 Å². The van der Waals surface area contributed by atoms with Crippen LogP contribution < -0.4 is 5.32 Å². The topological polar surface area (TPSA) is 56.8 Å². The maximum atomic E-state index is 11.2. The molecule has 0 aromatic rings. The Bertz CT molecular complexity index is 189. The second-order valence-corrected chi connectivity index (χ2v) is 6.55. The van der Waals surface area contributed by atoms with Gasteiger partial charge in [-0.2, -0.15) is 0 Å². The Balaban J connectivity index is 3.74. The lowest BCUT2D eigenvalue weighted by Crippen LogP contribution is -2.42. The fraction of sp³-hybridized carbons (Fsp3) is 0.900. The summed E-state index contributed by atoms with van der Waals surface area (Å²) >= 11 is 0. The molecule has 0 atom stereocenters. The van der Waals surface area contributed by atoms with Crippen molar-refractivity contribution in [3.63, 3.8) is 0 Å². The first-order chi connectivity index (χ1) is 7.64. The van der Waals surface area contributed by atoms with Gasteiger partial charge < -0.3 is 18.6 Å². The third kappa shape index (κ3) is 5.60. The van der Waals surface area contributed by atoms with E-state index in [2.05, 4.69) is 5.32 Å². The first-order valence-electron chi connectivity index (χ1n) is 5.56. The number of hydrogen-bond donors (Lipinski definition) is 1. The summed E-state index contributed by atoms with van der Waals surface area (Å²) in [6.45, 7) is 2.60. The monoisotopic (exact) mass is 249 g/mol. The van der Waals surface area contributed by atoms with Crippen LogP contribution >= 0.6 is 0 Å². The first kappa shape index (κ1) is 15.6. The van der Waals surface area contributed by atoms with Crippen LogP contribution in [0.2, 0.25) is 6.04 Å². The number of carbonyl (C=O) groups is 1. The minimum atomic E-state index is -2.44. The Morgan fingerprint density at radius 1 is 1.12 bits per heavy atom. The molecule has 0 fully saturated rings. The van der Waals surface area contributed by atoms with Gasteiger partial charge in [0.05, 0.1) is 0 Å². The minimum Gasteiger partial charge on any atom is -0.377 e. The second kappa shape index (κ2) is 8.69. The molecule has 0 aliphatic rings. The lowest BCUT2D eigenvalue weighted by molar-refractivity contribution is -0.121. The van der Waals surface area contributed by atoms with Crippen LogP contribution in [0.4, 0.5) is 0 Å². The molecule has 0 heterocycles. The fourth-order valence-corrected chi connectivity index (χ4v) is 3.26. The van der Waals surface area contributed by atoms with Crippen LogP contribution in [0, 0.1) is 0 Å². The van der Waals surface area contributed by atoms with Gasteiger partial charge in [0.15, 0.2) is 0 Å². The van der Waals surface area contributed by atoms with Gasteiger partial charge in [-0.25, -0.2) is 0 Å². The molecule has 96 valence electrons. The van der Waals surface area contributed by atoms with Crippen LogP contribution in [0.1, 0.15) is 26.2 Å². The molecule has 1 amide bonds. The Labute approximate surface area is 98.8 Å². The zero-order valence-corrected chi connectivity index (χ0v) is 11.7. The van der Waals surface area contributed by atoms with E-state index >= 15 is 0 Å². The lowest BCUT2D eigenvalue weighted by atomic mass is 10.2. The van der Waals surface area contributed by atoms with Crippen molar-refractivity contribution in [3.8, 4) is 0 Å². The van der Waals surface area contributed by atoms with E-state index < -0.39 is 8.80 Å². The van der Waals surface area contributed by atoms with Crippen LogP contribution in [0.15, 0.2) is 0 Å². The van der Waals surface area contributed by atoms with E-state index in [1.165, 1.54) is 0 Å². The molecule has 0 spiro atoms. The zero-order valence-electron chi connectivity index (χ0n) is 10.7. The van der Waals surface area contributed by atoms with E-state index in [1.807, 2.05) is 6.92 Å². The average molecular weight is 249 g/mol. The maximum Gasteiger partial charge on any atom is 0.500 e. The smallest absolute Gasteiger partial charge is 0.377 e. The maximum absolute atomic E-state index is 11.2. The molecule has 0 unspecified atom stereocenters. The average Bonchev–Trinajstić information content (AvgIpc) is 2.31. The highest BCUT2D eigenvalue weighted by molar-refractivity contribution is 6.60. The summed E-state index contributed by atoms with van der Waals surface area (Å²) in [6.07, 6.45) is 2.25. The molecule has 0 aliphatic heterocycles. The van der Waals surface area contributed by atoms with Crippen molar-refractivity contribution in [3.05, 3.63) is 0 Å². The predicted octanol–water partition coefficient (Wildman–Crippen LogP) is 1.17. The number of amides is 1. The van der Waals surface area contributed by atoms with E-state index in [1.54, 1.807) is 21.3 Å². The highest BCUT2D eigenvalue weighted by Crippen LogP contribution is 2.16. The van der Waals surface area contributed by atoms with Crippen molar-refractivity contribution in [1.29, 1.82) is 0 Å². The molecule has 0 bridgehead atoms. The Morgan fingerprint density at radius 3 is 2.12 bits per heavy atom. The van der Waals surface area contributed by atoms with Crippen LogP contribution in [0.5, 0.6) is 0 Å². The molecule has 1 N–H and O–H groups in total. The van der Waals surface area contributed by atoms with Gasteiger partial charge in [0.2, 0.25) is 5.91 Å². The molecule has 0 saturated heterocycles. The molecule has 0 aromatic heterocycles. The first-order valence-corrected chi connectivity index (χ1v) is 7.49. The predicted molar refractivity (Wildman–Crippen MR) is 64.1 cm³/mol. The fourth-order valence-electron chi connectivity index (χ4n) is 1.47. The van der Waals surface area contributed by atoms with Crippen molar-refractivity contribution < 1.29 is 18.1 Å². The van der Waals surface area contributed by atoms with Crippen molar-refractivity contribution in [1.82, 2.24) is 5.32 Å². The van der Waals surface area contributed by atoms with Gasteiger partial charge in [0.25, 0.3) is 0 Å². The molecule has 0 aliphatic carbocycles. The number of hydrogen-bond acceptors (Lipinski definition) is 4. The van der Waals surface area contributed by atoms with Crippen LogP contribution in [-0.2, 0) is 18.1 Å². The molecule has 0 saturated carbocycles. The quantitative estimate of drug-likeness (QED) is 0.492. The summed E-state index contributed by atoms with van der Waals surface area (Å²) < 4.78 is 15.9. The van der Waals surface area contributed by atoms with Crippen LogP contribution in [0.25, 0.3) is 0 Å². The molecular weight excluding hydrogens is 226 g/mol. The minimum absolute atomic E-state index is 0.0991. The van der Waals surface area contributed by atoms with Gasteiger partial charge in [0, 0.05) is 40.3 Å². The molecule has 5 nitrogen and oxygen atoms in total. The summed E-state index contributed by atoms with van der Waals surface area (Å²) in [5.74, 6) is 0.0991. The van der Waals surface area contributed by atoms with Crippen molar-refractivity contribution >= 4 is 14.7 Å². The highest BCUT2D eigenvalue weighted by atomic mass is 28.4. The number of carbonyl (C=O) groups excluding carboxylic acids is 1. The van der Waals surface area contributed by atoms with Crippen molar-refractivity contribution in [2.45, 2.75) is 32.2 Å². The van der Waals surface area contributed by atoms with E-state index in [0.717, 1.165) is 18.9 Å². The van der Waals surface area contributed by atoms with Crippen molar-refractivity contribution in [2.75, 3.05) is 27.9 Å². The summed E-state index contributed by atoms with van der Waals surface area (Å²) in [4.78, 5) is 11.2. The molecular formula is C10H23NO4Si. The second-order valence-electron chi connectivity index (χ2n) is 3.46. The highest BCUT2D eigenvalue weighted by Gasteiger charge is 2.36. The molecule has 16 heavy (non-hydrogen) atoms. The Hall–Kier alpha value is -0.433. The van der Waals surface area contributed by atoms with Crippen LogP contribution in [0.3, 0.4) is 0 Å². The SMILES string of the molecule is CCNC(=O)CCCC[Si](OC)(OC)OC. The van der Waals surface area contributed by atoms with Gasteiger partial charge in [-0.15, -0.1) is 0 Å². The Kier molecular flexibility index (Phi) is 8.45. The molecule has 0 radical (unpaired) electrons. The van der Waals surface area contributed by atoms with Crippen molar-refractivity contribution in [2.24, 2.45) is 0 Å². The summed E-state index contributed by atoms with van der Waals surface area (Å²) in [6, 6.07) is 0.746. The van der Waals surface area contributed by atoms with E-state index in [0.29, 0.717) is 13.0 Å².